The Hall–Kier alpha value is 0.137. The molecule has 18 heavy (non-hydrogen) atoms. The summed E-state index contributed by atoms with van der Waals surface area (Å²) in [6.07, 6.45) is 6.92. The van der Waals surface area contributed by atoms with Gasteiger partial charge in [0.15, 0.2) is 8.32 Å². The normalized spacial score (nSPS) is 14.8. The van der Waals surface area contributed by atoms with Crippen molar-refractivity contribution in [3.05, 3.63) is 0 Å². The van der Waals surface area contributed by atoms with Crippen LogP contribution in [0, 0.1) is 0 Å². The van der Waals surface area contributed by atoms with Crippen LogP contribution in [0.5, 0.6) is 0 Å². The predicted molar refractivity (Wildman–Crippen MR) is 82.5 cm³/mol. The average molecular weight is 275 g/mol. The zero-order valence-electron chi connectivity index (χ0n) is 13.4. The summed E-state index contributed by atoms with van der Waals surface area (Å²) in [7, 11) is -1.53. The van der Waals surface area contributed by atoms with Gasteiger partial charge in [0.05, 0.1) is 6.10 Å². The average Bonchev–Trinajstić information content (AvgIpc) is 2.19. The molecule has 0 aromatic carbocycles. The smallest absolute Gasteiger partial charge is 0.191 e. The molecule has 3 heteroatoms. The Morgan fingerprint density at radius 2 is 1.50 bits per heavy atom. The van der Waals surface area contributed by atoms with Crippen LogP contribution in [0.4, 0.5) is 0 Å². The molecule has 2 nitrogen and oxygen atoms in total. The van der Waals surface area contributed by atoms with Crippen molar-refractivity contribution in [2.24, 2.45) is 0 Å². The highest BCUT2D eigenvalue weighted by molar-refractivity contribution is 6.74. The van der Waals surface area contributed by atoms with Gasteiger partial charge >= 0.3 is 0 Å². The zero-order valence-corrected chi connectivity index (χ0v) is 14.4. The summed E-state index contributed by atoms with van der Waals surface area (Å²) < 4.78 is 6.14. The first-order valence-electron chi connectivity index (χ1n) is 7.49. The van der Waals surface area contributed by atoms with Gasteiger partial charge in [-0.3, -0.25) is 0 Å². The Labute approximate surface area is 115 Å². The van der Waals surface area contributed by atoms with E-state index in [2.05, 4.69) is 33.9 Å². The van der Waals surface area contributed by atoms with Crippen molar-refractivity contribution < 1.29 is 9.53 Å². The SMILES string of the molecule is CC(O)CCCCCCCO[Si](C)(C)C(C)(C)C. The van der Waals surface area contributed by atoms with Crippen LogP contribution in [0.2, 0.25) is 18.1 Å². The van der Waals surface area contributed by atoms with E-state index in [9.17, 15) is 0 Å². The van der Waals surface area contributed by atoms with E-state index >= 15 is 0 Å². The molecule has 0 rings (SSSR count). The Balaban J connectivity index is 3.46. The predicted octanol–water partition coefficient (Wildman–Crippen LogP) is 4.73. The van der Waals surface area contributed by atoms with E-state index in [0.29, 0.717) is 5.04 Å². The molecule has 1 unspecified atom stereocenters. The summed E-state index contributed by atoms with van der Waals surface area (Å²) in [6, 6.07) is 0. The topological polar surface area (TPSA) is 29.5 Å². The van der Waals surface area contributed by atoms with Gasteiger partial charge in [-0.05, 0) is 37.9 Å². The van der Waals surface area contributed by atoms with Crippen LogP contribution in [-0.4, -0.2) is 26.1 Å². The zero-order chi connectivity index (χ0) is 14.2. The van der Waals surface area contributed by atoms with Gasteiger partial charge < -0.3 is 9.53 Å². The van der Waals surface area contributed by atoms with Crippen LogP contribution in [0.3, 0.4) is 0 Å². The highest BCUT2D eigenvalue weighted by Crippen LogP contribution is 2.36. The molecule has 0 fully saturated rings. The van der Waals surface area contributed by atoms with Gasteiger partial charge in [-0.15, -0.1) is 0 Å². The quantitative estimate of drug-likeness (QED) is 0.486. The van der Waals surface area contributed by atoms with Crippen LogP contribution in [0.25, 0.3) is 0 Å². The number of unbranched alkanes of at least 4 members (excludes halogenated alkanes) is 4. The van der Waals surface area contributed by atoms with E-state index in [1.54, 1.807) is 0 Å². The summed E-state index contributed by atoms with van der Waals surface area (Å²) in [5.74, 6) is 0. The Kier molecular flexibility index (Phi) is 8.40. The number of aliphatic hydroxyl groups is 1. The van der Waals surface area contributed by atoms with Crippen molar-refractivity contribution in [2.45, 2.75) is 90.5 Å². The lowest BCUT2D eigenvalue weighted by molar-refractivity contribution is 0.180. The number of rotatable bonds is 9. The maximum absolute atomic E-state index is 9.14. The van der Waals surface area contributed by atoms with Crippen molar-refractivity contribution in [3.8, 4) is 0 Å². The third kappa shape index (κ3) is 8.28. The minimum Gasteiger partial charge on any atom is -0.417 e. The molecule has 110 valence electrons. The first kappa shape index (κ1) is 18.1. The van der Waals surface area contributed by atoms with Crippen LogP contribution >= 0.6 is 0 Å². The van der Waals surface area contributed by atoms with Crippen LogP contribution < -0.4 is 0 Å². The lowest BCUT2D eigenvalue weighted by Gasteiger charge is -2.36. The highest BCUT2D eigenvalue weighted by Gasteiger charge is 2.36. The third-order valence-corrected chi connectivity index (χ3v) is 8.57. The van der Waals surface area contributed by atoms with Gasteiger partial charge in [-0.25, -0.2) is 0 Å². The summed E-state index contributed by atoms with van der Waals surface area (Å²) in [6.45, 7) is 14.3. The molecule has 0 radical (unpaired) electrons. The van der Waals surface area contributed by atoms with Gasteiger partial charge in [-0.2, -0.15) is 0 Å². The first-order chi connectivity index (χ1) is 8.17. The van der Waals surface area contributed by atoms with Crippen molar-refractivity contribution in [3.63, 3.8) is 0 Å². The Morgan fingerprint density at radius 3 is 2.00 bits per heavy atom. The summed E-state index contributed by atoms with van der Waals surface area (Å²) >= 11 is 0. The molecule has 0 amide bonds. The molecular weight excluding hydrogens is 240 g/mol. The molecule has 0 aliphatic carbocycles. The van der Waals surface area contributed by atoms with E-state index in [0.717, 1.165) is 19.4 Å². The van der Waals surface area contributed by atoms with E-state index in [1.807, 2.05) is 6.92 Å². The van der Waals surface area contributed by atoms with E-state index in [4.69, 9.17) is 9.53 Å². The summed E-state index contributed by atoms with van der Waals surface area (Å²) in [5, 5.41) is 9.47. The second-order valence-electron chi connectivity index (χ2n) is 7.01. The van der Waals surface area contributed by atoms with E-state index in [1.165, 1.54) is 25.7 Å². The molecule has 0 saturated heterocycles. The molecule has 0 aliphatic rings. The van der Waals surface area contributed by atoms with Crippen molar-refractivity contribution >= 4 is 8.32 Å². The monoisotopic (exact) mass is 274 g/mol. The number of hydrogen-bond acceptors (Lipinski definition) is 2. The summed E-state index contributed by atoms with van der Waals surface area (Å²) in [5.41, 5.74) is 0. The van der Waals surface area contributed by atoms with Crippen molar-refractivity contribution in [1.82, 2.24) is 0 Å². The fraction of sp³-hybridized carbons (Fsp3) is 1.00. The van der Waals surface area contributed by atoms with Crippen LogP contribution in [0.1, 0.15) is 66.2 Å². The molecule has 1 N–H and O–H groups in total. The summed E-state index contributed by atoms with van der Waals surface area (Å²) in [4.78, 5) is 0. The van der Waals surface area contributed by atoms with E-state index in [-0.39, 0.29) is 6.10 Å². The molecule has 0 aromatic rings. The van der Waals surface area contributed by atoms with Crippen LogP contribution in [0.15, 0.2) is 0 Å². The van der Waals surface area contributed by atoms with Crippen molar-refractivity contribution in [1.29, 1.82) is 0 Å². The molecule has 0 spiro atoms. The van der Waals surface area contributed by atoms with Gasteiger partial charge in [-0.1, -0.05) is 46.5 Å². The minimum atomic E-state index is -1.53. The molecule has 0 bridgehead atoms. The fourth-order valence-electron chi connectivity index (χ4n) is 1.62. The molecule has 0 aromatic heterocycles. The maximum Gasteiger partial charge on any atom is 0.191 e. The van der Waals surface area contributed by atoms with Gasteiger partial charge in [0.1, 0.15) is 0 Å². The molecule has 0 aliphatic heterocycles. The largest absolute Gasteiger partial charge is 0.417 e. The van der Waals surface area contributed by atoms with E-state index < -0.39 is 8.32 Å². The minimum absolute atomic E-state index is 0.132. The third-order valence-electron chi connectivity index (χ3n) is 4.04. The lowest BCUT2D eigenvalue weighted by atomic mass is 10.1. The van der Waals surface area contributed by atoms with Crippen LogP contribution in [-0.2, 0) is 4.43 Å². The van der Waals surface area contributed by atoms with Gasteiger partial charge in [0.25, 0.3) is 0 Å². The lowest BCUT2D eigenvalue weighted by Crippen LogP contribution is -2.40. The second-order valence-corrected chi connectivity index (χ2v) is 11.8. The highest BCUT2D eigenvalue weighted by atomic mass is 28.4. The molecule has 0 heterocycles. The fourth-order valence-corrected chi connectivity index (χ4v) is 2.70. The van der Waals surface area contributed by atoms with Gasteiger partial charge in [0, 0.05) is 6.61 Å². The van der Waals surface area contributed by atoms with Crippen molar-refractivity contribution in [2.75, 3.05) is 6.61 Å². The standard InChI is InChI=1S/C15H34O2Si/c1-14(16)12-10-8-7-9-11-13-17-18(5,6)15(2,3)4/h14,16H,7-13H2,1-6H3. The molecule has 1 atom stereocenters. The Bertz CT molecular complexity index is 207. The van der Waals surface area contributed by atoms with Gasteiger partial charge in [0.2, 0.25) is 0 Å². The number of hydrogen-bond donors (Lipinski definition) is 1. The first-order valence-corrected chi connectivity index (χ1v) is 10.4. The molecule has 0 saturated carbocycles. The number of aliphatic hydroxyl groups excluding tert-OH is 1. The second kappa shape index (κ2) is 8.34. The molecular formula is C15H34O2Si. The Morgan fingerprint density at radius 1 is 1.00 bits per heavy atom. The maximum atomic E-state index is 9.14.